The predicted octanol–water partition coefficient (Wildman–Crippen LogP) is 2.81. The smallest absolute Gasteiger partial charge is 0.416 e. The first-order valence-corrected chi connectivity index (χ1v) is 10.4. The Balaban J connectivity index is 2.16. The van der Waals surface area contributed by atoms with Crippen molar-refractivity contribution >= 4 is 21.6 Å². The van der Waals surface area contributed by atoms with Gasteiger partial charge in [0.1, 0.15) is 6.54 Å². The average molecular weight is 446 g/mol. The molecule has 1 amide bonds. The standard InChI is InChI=1S/C19H21F3N2O5S/c1-28-16-8-7-15(10-17(16)29-2)24(30(3,26)27)12-18(25)23-11-13-5-4-6-14(9-13)19(20,21)22/h4-10H,11-12H2,1-3H3,(H,23,25). The third kappa shape index (κ3) is 6.02. The van der Waals surface area contributed by atoms with E-state index < -0.39 is 34.2 Å². The van der Waals surface area contributed by atoms with Crippen molar-refractivity contribution in [3.63, 3.8) is 0 Å². The molecule has 0 saturated heterocycles. The van der Waals surface area contributed by atoms with Crippen LogP contribution in [0, 0.1) is 0 Å². The molecule has 0 saturated carbocycles. The number of carbonyl (C=O) groups excluding carboxylic acids is 1. The molecule has 0 fully saturated rings. The second-order valence-electron chi connectivity index (χ2n) is 6.28. The van der Waals surface area contributed by atoms with Crippen LogP contribution in [0.25, 0.3) is 0 Å². The Bertz CT molecular complexity index is 1010. The van der Waals surface area contributed by atoms with Crippen molar-refractivity contribution in [2.24, 2.45) is 0 Å². The first-order valence-electron chi connectivity index (χ1n) is 8.58. The first kappa shape index (κ1) is 23.3. The highest BCUT2D eigenvalue weighted by molar-refractivity contribution is 7.92. The zero-order chi connectivity index (χ0) is 22.5. The summed E-state index contributed by atoms with van der Waals surface area (Å²) in [6, 6.07) is 8.85. The van der Waals surface area contributed by atoms with Crippen molar-refractivity contribution in [2.75, 3.05) is 31.3 Å². The van der Waals surface area contributed by atoms with Crippen molar-refractivity contribution in [3.05, 3.63) is 53.6 Å². The molecule has 0 bridgehead atoms. The fraction of sp³-hybridized carbons (Fsp3) is 0.316. The Labute approximate surface area is 172 Å². The molecule has 164 valence electrons. The normalized spacial score (nSPS) is 11.7. The summed E-state index contributed by atoms with van der Waals surface area (Å²) in [6.07, 6.45) is -3.57. The zero-order valence-corrected chi connectivity index (χ0v) is 17.3. The van der Waals surface area contributed by atoms with Crippen LogP contribution >= 0.6 is 0 Å². The lowest BCUT2D eigenvalue weighted by Gasteiger charge is -2.23. The maximum atomic E-state index is 12.8. The van der Waals surface area contributed by atoms with Gasteiger partial charge < -0.3 is 14.8 Å². The van der Waals surface area contributed by atoms with Gasteiger partial charge in [0.2, 0.25) is 15.9 Å². The molecule has 11 heteroatoms. The highest BCUT2D eigenvalue weighted by atomic mass is 32.2. The predicted molar refractivity (Wildman–Crippen MR) is 105 cm³/mol. The van der Waals surface area contributed by atoms with Gasteiger partial charge >= 0.3 is 6.18 Å². The lowest BCUT2D eigenvalue weighted by molar-refractivity contribution is -0.137. The molecule has 0 radical (unpaired) electrons. The van der Waals surface area contributed by atoms with E-state index in [4.69, 9.17) is 9.47 Å². The fourth-order valence-electron chi connectivity index (χ4n) is 2.62. The Hall–Kier alpha value is -2.95. The minimum absolute atomic E-state index is 0.171. The summed E-state index contributed by atoms with van der Waals surface area (Å²) in [6.45, 7) is -0.750. The topological polar surface area (TPSA) is 84.9 Å². The summed E-state index contributed by atoms with van der Waals surface area (Å²) >= 11 is 0. The number of nitrogens with one attached hydrogen (secondary N) is 1. The summed E-state index contributed by atoms with van der Waals surface area (Å²) in [5.41, 5.74) is -0.433. The Kier molecular flexibility index (Phi) is 7.19. The monoisotopic (exact) mass is 446 g/mol. The number of hydrogen-bond acceptors (Lipinski definition) is 5. The number of halogens is 3. The van der Waals surface area contributed by atoms with E-state index >= 15 is 0 Å². The first-order chi connectivity index (χ1) is 14.0. The molecule has 7 nitrogen and oxygen atoms in total. The number of sulfonamides is 1. The van der Waals surface area contributed by atoms with Gasteiger partial charge in [0.25, 0.3) is 0 Å². The average Bonchev–Trinajstić information content (AvgIpc) is 2.68. The van der Waals surface area contributed by atoms with E-state index in [0.29, 0.717) is 5.75 Å². The molecule has 0 aliphatic heterocycles. The molecule has 0 heterocycles. The number of nitrogens with zero attached hydrogens (tertiary/aromatic N) is 1. The highest BCUT2D eigenvalue weighted by Gasteiger charge is 2.30. The van der Waals surface area contributed by atoms with E-state index in [1.807, 2.05) is 0 Å². The number of alkyl halides is 3. The van der Waals surface area contributed by atoms with Crippen LogP contribution < -0.4 is 19.1 Å². The van der Waals surface area contributed by atoms with Crippen LogP contribution in [-0.4, -0.2) is 41.3 Å². The lowest BCUT2D eigenvalue weighted by atomic mass is 10.1. The number of ether oxygens (including phenoxy) is 2. The molecule has 2 aromatic rings. The molecule has 0 spiro atoms. The Morgan fingerprint density at radius 3 is 2.30 bits per heavy atom. The number of rotatable bonds is 8. The third-order valence-electron chi connectivity index (χ3n) is 4.09. The molecule has 0 unspecified atom stereocenters. The summed E-state index contributed by atoms with van der Waals surface area (Å²) in [7, 11) is -1.03. The van der Waals surface area contributed by atoms with Crippen molar-refractivity contribution in [1.82, 2.24) is 5.32 Å². The highest BCUT2D eigenvalue weighted by Crippen LogP contribution is 2.32. The molecule has 2 aromatic carbocycles. The van der Waals surface area contributed by atoms with Crippen molar-refractivity contribution in [3.8, 4) is 11.5 Å². The van der Waals surface area contributed by atoms with E-state index in [2.05, 4.69) is 5.32 Å². The second kappa shape index (κ2) is 9.24. The molecule has 30 heavy (non-hydrogen) atoms. The van der Waals surface area contributed by atoms with E-state index in [-0.39, 0.29) is 23.5 Å². The van der Waals surface area contributed by atoms with Crippen LogP contribution in [0.15, 0.2) is 42.5 Å². The quantitative estimate of drug-likeness (QED) is 0.674. The van der Waals surface area contributed by atoms with Gasteiger partial charge in [-0.15, -0.1) is 0 Å². The molecular weight excluding hydrogens is 425 g/mol. The van der Waals surface area contributed by atoms with Gasteiger partial charge in [-0.2, -0.15) is 13.2 Å². The number of hydrogen-bond donors (Lipinski definition) is 1. The van der Waals surface area contributed by atoms with Crippen molar-refractivity contribution in [2.45, 2.75) is 12.7 Å². The summed E-state index contributed by atoms with van der Waals surface area (Å²) in [4.78, 5) is 12.3. The van der Waals surface area contributed by atoms with Gasteiger partial charge in [-0.05, 0) is 29.8 Å². The fourth-order valence-corrected chi connectivity index (χ4v) is 3.47. The van der Waals surface area contributed by atoms with Crippen LogP contribution in [-0.2, 0) is 27.5 Å². The van der Waals surface area contributed by atoms with E-state index in [1.165, 1.54) is 44.6 Å². The molecule has 1 N–H and O–H groups in total. The molecule has 0 aliphatic carbocycles. The minimum Gasteiger partial charge on any atom is -0.493 e. The van der Waals surface area contributed by atoms with Crippen LogP contribution in [0.3, 0.4) is 0 Å². The molecule has 0 aliphatic rings. The van der Waals surface area contributed by atoms with E-state index in [0.717, 1.165) is 22.7 Å². The maximum Gasteiger partial charge on any atom is 0.416 e. The third-order valence-corrected chi connectivity index (χ3v) is 5.23. The Morgan fingerprint density at radius 2 is 1.73 bits per heavy atom. The number of benzene rings is 2. The summed E-state index contributed by atoms with van der Waals surface area (Å²) in [5, 5.41) is 2.43. The molecular formula is C19H21F3N2O5S. The number of methoxy groups -OCH3 is 2. The Morgan fingerprint density at radius 1 is 1.07 bits per heavy atom. The van der Waals surface area contributed by atoms with Gasteiger partial charge in [-0.3, -0.25) is 9.10 Å². The number of amides is 1. The van der Waals surface area contributed by atoms with Gasteiger partial charge in [-0.1, -0.05) is 12.1 Å². The van der Waals surface area contributed by atoms with Crippen molar-refractivity contribution in [1.29, 1.82) is 0 Å². The van der Waals surface area contributed by atoms with Crippen molar-refractivity contribution < 1.29 is 35.9 Å². The summed E-state index contributed by atoms with van der Waals surface area (Å²) < 4.78 is 73.9. The number of carbonyl (C=O) groups is 1. The van der Waals surface area contributed by atoms with Gasteiger partial charge in [0.05, 0.1) is 31.7 Å². The van der Waals surface area contributed by atoms with Crippen LogP contribution in [0.5, 0.6) is 11.5 Å². The largest absolute Gasteiger partial charge is 0.493 e. The van der Waals surface area contributed by atoms with Crippen LogP contribution in [0.1, 0.15) is 11.1 Å². The molecule has 0 aromatic heterocycles. The second-order valence-corrected chi connectivity index (χ2v) is 8.19. The van der Waals surface area contributed by atoms with Gasteiger partial charge in [0, 0.05) is 12.6 Å². The van der Waals surface area contributed by atoms with Gasteiger partial charge in [0.15, 0.2) is 11.5 Å². The summed E-state index contributed by atoms with van der Waals surface area (Å²) in [5.74, 6) is -0.0376. The SMILES string of the molecule is COc1ccc(N(CC(=O)NCc2cccc(C(F)(F)F)c2)S(C)(=O)=O)cc1OC. The maximum absolute atomic E-state index is 12.8. The van der Waals surface area contributed by atoms with Crippen LogP contribution in [0.2, 0.25) is 0 Å². The van der Waals surface area contributed by atoms with Crippen LogP contribution in [0.4, 0.5) is 18.9 Å². The molecule has 0 atom stereocenters. The molecule has 2 rings (SSSR count). The van der Waals surface area contributed by atoms with E-state index in [9.17, 15) is 26.4 Å². The zero-order valence-electron chi connectivity index (χ0n) is 16.5. The minimum atomic E-state index is -4.50. The lowest BCUT2D eigenvalue weighted by Crippen LogP contribution is -2.40. The van der Waals surface area contributed by atoms with Gasteiger partial charge in [-0.25, -0.2) is 8.42 Å². The number of anilines is 1. The van der Waals surface area contributed by atoms with E-state index in [1.54, 1.807) is 0 Å².